The van der Waals surface area contributed by atoms with Crippen molar-refractivity contribution in [3.05, 3.63) is 24.3 Å². The maximum atomic E-state index is 11.0. The predicted molar refractivity (Wildman–Crippen MR) is 52.6 cm³/mol. The highest BCUT2D eigenvalue weighted by atomic mass is 32.2. The van der Waals surface area contributed by atoms with Crippen molar-refractivity contribution in [3.8, 4) is 0 Å². The van der Waals surface area contributed by atoms with Crippen LogP contribution in [0.3, 0.4) is 0 Å². The van der Waals surface area contributed by atoms with Crippen molar-refractivity contribution < 1.29 is 4.21 Å². The van der Waals surface area contributed by atoms with E-state index in [9.17, 15) is 4.21 Å². The SMILES string of the molecule is CPc1ccc(S(C)=O)cc1. The molecule has 0 bridgehead atoms. The maximum Gasteiger partial charge on any atom is 0.0498 e. The van der Waals surface area contributed by atoms with Crippen molar-refractivity contribution in [2.75, 3.05) is 12.9 Å². The van der Waals surface area contributed by atoms with E-state index in [0.29, 0.717) is 0 Å². The highest BCUT2D eigenvalue weighted by molar-refractivity contribution is 7.84. The minimum atomic E-state index is -0.836. The van der Waals surface area contributed by atoms with Crippen LogP contribution in [0.5, 0.6) is 0 Å². The molecule has 3 heteroatoms. The van der Waals surface area contributed by atoms with Crippen molar-refractivity contribution in [2.45, 2.75) is 4.90 Å². The Morgan fingerprint density at radius 3 is 2.18 bits per heavy atom. The first-order valence-corrected chi connectivity index (χ1v) is 6.41. The predicted octanol–water partition coefficient (Wildman–Crippen LogP) is 1.36. The molecule has 1 rings (SSSR count). The average molecular weight is 186 g/mol. The molecule has 1 nitrogen and oxygen atoms in total. The molecule has 0 aliphatic carbocycles. The van der Waals surface area contributed by atoms with Gasteiger partial charge in [0.1, 0.15) is 0 Å². The summed E-state index contributed by atoms with van der Waals surface area (Å²) in [5, 5.41) is 1.32. The topological polar surface area (TPSA) is 17.1 Å². The van der Waals surface area contributed by atoms with Gasteiger partial charge in [-0.1, -0.05) is 20.7 Å². The molecule has 0 saturated carbocycles. The second-order valence-electron chi connectivity index (χ2n) is 2.23. The summed E-state index contributed by atoms with van der Waals surface area (Å²) in [5.41, 5.74) is 0. The lowest BCUT2D eigenvalue weighted by atomic mass is 10.4. The van der Waals surface area contributed by atoms with Gasteiger partial charge in [-0.15, -0.1) is 0 Å². The summed E-state index contributed by atoms with van der Waals surface area (Å²) < 4.78 is 11.0. The summed E-state index contributed by atoms with van der Waals surface area (Å²) in [6.45, 7) is 2.14. The molecule has 2 atom stereocenters. The van der Waals surface area contributed by atoms with E-state index in [0.717, 1.165) is 13.5 Å². The summed E-state index contributed by atoms with van der Waals surface area (Å²) in [4.78, 5) is 0.909. The summed E-state index contributed by atoms with van der Waals surface area (Å²) >= 11 is 0. The fourth-order valence-corrected chi connectivity index (χ4v) is 1.83. The van der Waals surface area contributed by atoms with Gasteiger partial charge < -0.3 is 0 Å². The molecule has 0 aliphatic heterocycles. The van der Waals surface area contributed by atoms with Crippen molar-refractivity contribution in [1.29, 1.82) is 0 Å². The molecule has 0 aliphatic rings. The Kier molecular flexibility index (Phi) is 3.22. The lowest BCUT2D eigenvalue weighted by Crippen LogP contribution is -1.94. The van der Waals surface area contributed by atoms with E-state index >= 15 is 0 Å². The van der Waals surface area contributed by atoms with Gasteiger partial charge in [0.25, 0.3) is 0 Å². The standard InChI is InChI=1S/C8H11OPS/c1-10-7-3-5-8(6-4-7)11(2)9/h3-6,10H,1-2H3. The fourth-order valence-electron chi connectivity index (χ4n) is 0.813. The van der Waals surface area contributed by atoms with E-state index in [1.807, 2.05) is 24.3 Å². The van der Waals surface area contributed by atoms with Gasteiger partial charge in [0, 0.05) is 22.0 Å². The van der Waals surface area contributed by atoms with E-state index < -0.39 is 10.8 Å². The van der Waals surface area contributed by atoms with Gasteiger partial charge in [-0.3, -0.25) is 4.21 Å². The maximum absolute atomic E-state index is 11.0. The molecular formula is C8H11OPS. The van der Waals surface area contributed by atoms with Gasteiger partial charge in [-0.05, 0) is 24.1 Å². The molecule has 0 amide bonds. The third-order valence-corrected chi connectivity index (χ3v) is 3.32. The van der Waals surface area contributed by atoms with Gasteiger partial charge in [0.2, 0.25) is 0 Å². The van der Waals surface area contributed by atoms with Crippen LogP contribution in [0.25, 0.3) is 0 Å². The largest absolute Gasteiger partial charge is 0.255 e. The molecule has 0 radical (unpaired) electrons. The molecule has 0 N–H and O–H groups in total. The first-order chi connectivity index (χ1) is 5.24. The van der Waals surface area contributed by atoms with Crippen LogP contribution in [-0.4, -0.2) is 17.1 Å². The third-order valence-electron chi connectivity index (χ3n) is 1.47. The second-order valence-corrected chi connectivity index (χ2v) is 4.69. The first-order valence-electron chi connectivity index (χ1n) is 3.35. The zero-order valence-electron chi connectivity index (χ0n) is 6.63. The Bertz CT molecular complexity index is 255. The smallest absolute Gasteiger partial charge is 0.0498 e. The molecule has 0 aromatic heterocycles. The average Bonchev–Trinajstić information content (AvgIpc) is 2.05. The van der Waals surface area contributed by atoms with Crippen molar-refractivity contribution in [1.82, 2.24) is 0 Å². The van der Waals surface area contributed by atoms with Crippen LogP contribution >= 0.6 is 8.58 Å². The van der Waals surface area contributed by atoms with E-state index in [-0.39, 0.29) is 0 Å². The molecule has 0 heterocycles. The molecule has 1 aromatic rings. The van der Waals surface area contributed by atoms with Crippen molar-refractivity contribution in [3.63, 3.8) is 0 Å². The number of rotatable bonds is 2. The molecule has 0 fully saturated rings. The Morgan fingerprint density at radius 2 is 1.82 bits per heavy atom. The molecular weight excluding hydrogens is 175 g/mol. The highest BCUT2D eigenvalue weighted by Crippen LogP contribution is 2.07. The molecule has 0 saturated heterocycles. The van der Waals surface area contributed by atoms with E-state index in [1.54, 1.807) is 6.26 Å². The summed E-state index contributed by atoms with van der Waals surface area (Å²) in [5.74, 6) is 0. The van der Waals surface area contributed by atoms with Crippen molar-refractivity contribution >= 4 is 24.7 Å². The van der Waals surface area contributed by atoms with Crippen LogP contribution in [0, 0.1) is 0 Å². The Morgan fingerprint density at radius 1 is 1.27 bits per heavy atom. The monoisotopic (exact) mass is 186 g/mol. The van der Waals surface area contributed by atoms with Crippen LogP contribution in [0.1, 0.15) is 0 Å². The summed E-state index contributed by atoms with van der Waals surface area (Å²) in [6, 6.07) is 7.94. The van der Waals surface area contributed by atoms with Gasteiger partial charge in [-0.25, -0.2) is 0 Å². The molecule has 11 heavy (non-hydrogen) atoms. The van der Waals surface area contributed by atoms with Gasteiger partial charge in [0.05, 0.1) is 0 Å². The second kappa shape index (κ2) is 3.99. The summed E-state index contributed by atoms with van der Waals surface area (Å²) in [6.07, 6.45) is 1.70. The molecule has 60 valence electrons. The number of benzene rings is 1. The quantitative estimate of drug-likeness (QED) is 0.637. The Balaban J connectivity index is 2.91. The lowest BCUT2D eigenvalue weighted by molar-refractivity contribution is 0.687. The summed E-state index contributed by atoms with van der Waals surface area (Å²) in [7, 11) is -0.0151. The minimum absolute atomic E-state index is 0.821. The van der Waals surface area contributed by atoms with Crippen LogP contribution in [-0.2, 0) is 10.8 Å². The normalized spacial score (nSPS) is 14.0. The zero-order valence-corrected chi connectivity index (χ0v) is 8.44. The van der Waals surface area contributed by atoms with Crippen LogP contribution in [0.2, 0.25) is 0 Å². The minimum Gasteiger partial charge on any atom is -0.255 e. The number of hydrogen-bond donors (Lipinski definition) is 0. The van der Waals surface area contributed by atoms with E-state index in [2.05, 4.69) is 6.66 Å². The highest BCUT2D eigenvalue weighted by Gasteiger charge is 1.95. The molecule has 2 unspecified atom stereocenters. The fraction of sp³-hybridized carbons (Fsp3) is 0.250. The van der Waals surface area contributed by atoms with Gasteiger partial charge in [-0.2, -0.15) is 0 Å². The van der Waals surface area contributed by atoms with Crippen LogP contribution in [0.15, 0.2) is 29.2 Å². The van der Waals surface area contributed by atoms with Crippen molar-refractivity contribution in [2.24, 2.45) is 0 Å². The van der Waals surface area contributed by atoms with Gasteiger partial charge >= 0.3 is 0 Å². The van der Waals surface area contributed by atoms with Crippen LogP contribution in [0.4, 0.5) is 0 Å². The van der Waals surface area contributed by atoms with Crippen LogP contribution < -0.4 is 5.30 Å². The van der Waals surface area contributed by atoms with E-state index in [4.69, 9.17) is 0 Å². The molecule has 0 spiro atoms. The first kappa shape index (κ1) is 8.89. The Hall–Kier alpha value is -0.200. The number of hydrogen-bond acceptors (Lipinski definition) is 1. The van der Waals surface area contributed by atoms with Gasteiger partial charge in [0.15, 0.2) is 0 Å². The zero-order chi connectivity index (χ0) is 8.27. The molecule has 1 aromatic carbocycles. The third kappa shape index (κ3) is 2.39. The lowest BCUT2D eigenvalue weighted by Gasteiger charge is -1.97. The Labute approximate surface area is 71.5 Å². The van der Waals surface area contributed by atoms with E-state index in [1.165, 1.54) is 5.30 Å².